The molecule has 7 nitrogen and oxygen atoms in total. The highest BCUT2D eigenvalue weighted by atomic mass is 16.5. The number of nitrogens with two attached hydrogens (primary N) is 1. The summed E-state index contributed by atoms with van der Waals surface area (Å²) in [7, 11) is 1.53. The van der Waals surface area contributed by atoms with Crippen LogP contribution >= 0.6 is 0 Å². The summed E-state index contributed by atoms with van der Waals surface area (Å²) in [5.41, 5.74) is 2.45. The van der Waals surface area contributed by atoms with Crippen molar-refractivity contribution in [3.05, 3.63) is 30.0 Å². The van der Waals surface area contributed by atoms with Crippen molar-refractivity contribution < 1.29 is 9.15 Å². The van der Waals surface area contributed by atoms with E-state index in [1.54, 1.807) is 0 Å². The smallest absolute Gasteiger partial charge is 0.205 e. The second-order valence-corrected chi connectivity index (χ2v) is 3.61. The minimum atomic E-state index is 0.422. The lowest BCUT2D eigenvalue weighted by molar-refractivity contribution is 0.414. The Morgan fingerprint density at radius 3 is 2.72 bits per heavy atom. The fourth-order valence-electron chi connectivity index (χ4n) is 1.55. The first-order valence-corrected chi connectivity index (χ1v) is 5.39. The van der Waals surface area contributed by atoms with Gasteiger partial charge in [0.15, 0.2) is 11.6 Å². The Labute approximate surface area is 104 Å². The molecule has 2 aromatic rings. The Bertz CT molecular complexity index is 526. The van der Waals surface area contributed by atoms with Gasteiger partial charge in [0.05, 0.1) is 13.7 Å². The molecule has 7 heteroatoms. The summed E-state index contributed by atoms with van der Waals surface area (Å²) in [4.78, 5) is 8.05. The Morgan fingerprint density at radius 1 is 1.33 bits per heavy atom. The van der Waals surface area contributed by atoms with E-state index < -0.39 is 0 Å². The first kappa shape index (κ1) is 12.2. The maximum absolute atomic E-state index is 5.45. The van der Waals surface area contributed by atoms with Crippen LogP contribution in [0.2, 0.25) is 0 Å². The Morgan fingerprint density at radius 2 is 2.11 bits per heavy atom. The van der Waals surface area contributed by atoms with Gasteiger partial charge in [0.25, 0.3) is 0 Å². The highest BCUT2D eigenvalue weighted by Crippen LogP contribution is 2.28. The highest BCUT2D eigenvalue weighted by molar-refractivity contribution is 5.62. The van der Waals surface area contributed by atoms with Crippen LogP contribution in [-0.2, 0) is 6.54 Å². The third-order valence-electron chi connectivity index (χ3n) is 2.37. The van der Waals surface area contributed by atoms with Crippen molar-refractivity contribution in [2.75, 3.05) is 17.9 Å². The van der Waals surface area contributed by atoms with Gasteiger partial charge in [-0.2, -0.15) is 0 Å². The predicted molar refractivity (Wildman–Crippen MR) is 67.2 cm³/mol. The van der Waals surface area contributed by atoms with Crippen molar-refractivity contribution in [2.24, 2.45) is 5.84 Å². The molecular weight excluding hydrogens is 234 g/mol. The summed E-state index contributed by atoms with van der Waals surface area (Å²) < 4.78 is 10.6. The monoisotopic (exact) mass is 249 g/mol. The second-order valence-electron chi connectivity index (χ2n) is 3.61. The largest absolute Gasteiger partial charge is 0.490 e. The molecule has 96 valence electrons. The van der Waals surface area contributed by atoms with Gasteiger partial charge in [0.1, 0.15) is 17.8 Å². The SMILES string of the molecule is COc1c(NN)ncnc1NCc1ccc(C)o1. The average Bonchev–Trinajstić information content (AvgIpc) is 2.81. The number of rotatable bonds is 5. The van der Waals surface area contributed by atoms with E-state index in [2.05, 4.69) is 20.7 Å². The number of hydrogen-bond acceptors (Lipinski definition) is 7. The van der Waals surface area contributed by atoms with Crippen molar-refractivity contribution in [2.45, 2.75) is 13.5 Å². The van der Waals surface area contributed by atoms with E-state index >= 15 is 0 Å². The van der Waals surface area contributed by atoms with E-state index in [9.17, 15) is 0 Å². The van der Waals surface area contributed by atoms with Gasteiger partial charge in [0, 0.05) is 0 Å². The van der Waals surface area contributed by atoms with Crippen LogP contribution in [0.5, 0.6) is 5.75 Å². The summed E-state index contributed by atoms with van der Waals surface area (Å²) in [5, 5.41) is 3.10. The molecule has 0 aromatic carbocycles. The molecule has 2 rings (SSSR count). The maximum Gasteiger partial charge on any atom is 0.205 e. The molecule has 0 atom stereocenters. The summed E-state index contributed by atoms with van der Waals surface area (Å²) >= 11 is 0. The van der Waals surface area contributed by atoms with Crippen LogP contribution in [0, 0.1) is 6.92 Å². The third-order valence-corrected chi connectivity index (χ3v) is 2.37. The molecule has 0 saturated carbocycles. The number of nitrogens with one attached hydrogen (secondary N) is 2. The molecule has 0 aliphatic heterocycles. The van der Waals surface area contributed by atoms with E-state index in [-0.39, 0.29) is 0 Å². The van der Waals surface area contributed by atoms with E-state index in [4.69, 9.17) is 15.0 Å². The van der Waals surface area contributed by atoms with Gasteiger partial charge in [0.2, 0.25) is 5.75 Å². The first-order chi connectivity index (χ1) is 8.74. The predicted octanol–water partition coefficient (Wildman–Crippen LogP) is 1.28. The third kappa shape index (κ3) is 2.51. The number of furan rings is 1. The van der Waals surface area contributed by atoms with Crippen molar-refractivity contribution in [3.8, 4) is 5.75 Å². The maximum atomic E-state index is 5.45. The quantitative estimate of drug-likeness (QED) is 0.542. The molecule has 0 saturated heterocycles. The molecule has 0 fully saturated rings. The fourth-order valence-corrected chi connectivity index (χ4v) is 1.55. The van der Waals surface area contributed by atoms with Gasteiger partial charge in [-0.15, -0.1) is 0 Å². The lowest BCUT2D eigenvalue weighted by atomic mass is 10.4. The summed E-state index contributed by atoms with van der Waals surface area (Å²) in [5.74, 6) is 8.45. The molecule has 18 heavy (non-hydrogen) atoms. The van der Waals surface area contributed by atoms with Crippen molar-refractivity contribution in [3.63, 3.8) is 0 Å². The summed E-state index contributed by atoms with van der Waals surface area (Å²) in [6.07, 6.45) is 1.40. The second kappa shape index (κ2) is 5.37. The molecule has 0 aliphatic carbocycles. The number of hydrogen-bond donors (Lipinski definition) is 3. The van der Waals surface area contributed by atoms with Crippen molar-refractivity contribution >= 4 is 11.6 Å². The van der Waals surface area contributed by atoms with E-state index in [1.807, 2.05) is 19.1 Å². The van der Waals surface area contributed by atoms with Gasteiger partial charge in [-0.1, -0.05) is 0 Å². The zero-order chi connectivity index (χ0) is 13.0. The van der Waals surface area contributed by atoms with Gasteiger partial charge in [-0.25, -0.2) is 15.8 Å². The molecule has 4 N–H and O–H groups in total. The number of anilines is 2. The van der Waals surface area contributed by atoms with Crippen molar-refractivity contribution in [1.82, 2.24) is 9.97 Å². The average molecular weight is 249 g/mol. The highest BCUT2D eigenvalue weighted by Gasteiger charge is 2.11. The molecule has 2 heterocycles. The van der Waals surface area contributed by atoms with Gasteiger partial charge in [-0.05, 0) is 19.1 Å². The molecule has 0 unspecified atom stereocenters. The van der Waals surface area contributed by atoms with E-state index in [0.29, 0.717) is 23.9 Å². The fraction of sp³-hybridized carbons (Fsp3) is 0.273. The molecule has 0 bridgehead atoms. The van der Waals surface area contributed by atoms with Gasteiger partial charge in [-0.3, -0.25) is 0 Å². The number of methoxy groups -OCH3 is 1. The minimum Gasteiger partial charge on any atom is -0.490 e. The topological polar surface area (TPSA) is 98.2 Å². The zero-order valence-corrected chi connectivity index (χ0v) is 10.2. The number of nitrogens with zero attached hydrogens (tertiary/aromatic N) is 2. The van der Waals surface area contributed by atoms with Crippen LogP contribution in [0.4, 0.5) is 11.6 Å². The Balaban J connectivity index is 2.13. The number of hydrazine groups is 1. The molecule has 0 amide bonds. The van der Waals surface area contributed by atoms with Crippen molar-refractivity contribution in [1.29, 1.82) is 0 Å². The number of aryl methyl sites for hydroxylation is 1. The van der Waals surface area contributed by atoms with Gasteiger partial charge < -0.3 is 19.9 Å². The van der Waals surface area contributed by atoms with Crippen LogP contribution < -0.4 is 21.3 Å². The van der Waals surface area contributed by atoms with Crippen LogP contribution in [0.15, 0.2) is 22.9 Å². The number of nitrogen functional groups attached to an aromatic ring is 1. The zero-order valence-electron chi connectivity index (χ0n) is 10.2. The number of ether oxygens (including phenoxy) is 1. The normalized spacial score (nSPS) is 10.2. The van der Waals surface area contributed by atoms with E-state index in [1.165, 1.54) is 13.4 Å². The van der Waals surface area contributed by atoms with Crippen LogP contribution in [0.25, 0.3) is 0 Å². The molecule has 2 aromatic heterocycles. The summed E-state index contributed by atoms with van der Waals surface area (Å²) in [6.45, 7) is 2.40. The lowest BCUT2D eigenvalue weighted by Gasteiger charge is -2.11. The van der Waals surface area contributed by atoms with Crippen LogP contribution in [0.1, 0.15) is 11.5 Å². The van der Waals surface area contributed by atoms with Crippen LogP contribution in [-0.4, -0.2) is 17.1 Å². The molecule has 0 radical (unpaired) electrons. The Hall–Kier alpha value is -2.28. The first-order valence-electron chi connectivity index (χ1n) is 5.39. The minimum absolute atomic E-state index is 0.422. The van der Waals surface area contributed by atoms with Gasteiger partial charge >= 0.3 is 0 Å². The lowest BCUT2D eigenvalue weighted by Crippen LogP contribution is -2.12. The van der Waals surface area contributed by atoms with E-state index in [0.717, 1.165) is 11.5 Å². The number of aromatic nitrogens is 2. The Kier molecular flexibility index (Phi) is 3.63. The molecular formula is C11H15N5O2. The molecule has 0 spiro atoms. The molecule has 0 aliphatic rings. The van der Waals surface area contributed by atoms with Crippen LogP contribution in [0.3, 0.4) is 0 Å². The standard InChI is InChI=1S/C11H15N5O2/c1-7-3-4-8(18-7)5-13-10-9(17-2)11(16-12)15-6-14-10/h3-4,6H,5,12H2,1-2H3,(H2,13,14,15,16). The summed E-state index contributed by atoms with van der Waals surface area (Å²) in [6, 6.07) is 3.80.